The largest absolute Gasteiger partial charge is 0.381 e. The average Bonchev–Trinajstić information content (AvgIpc) is 2.35. The summed E-state index contributed by atoms with van der Waals surface area (Å²) < 4.78 is 12.8. The molecule has 0 saturated heterocycles. The van der Waals surface area contributed by atoms with Crippen molar-refractivity contribution in [1.82, 2.24) is 9.97 Å². The van der Waals surface area contributed by atoms with Crippen LogP contribution in [-0.4, -0.2) is 34.4 Å². The van der Waals surface area contributed by atoms with Gasteiger partial charge in [-0.3, -0.25) is 0 Å². The third kappa shape index (κ3) is 3.88. The average molecular weight is 286 g/mol. The minimum atomic E-state index is -0.900. The fraction of sp³-hybridized carbons (Fsp3) is 0.200. The number of amidine groups is 1. The van der Waals surface area contributed by atoms with Crippen molar-refractivity contribution in [3.8, 4) is 0 Å². The first-order valence-corrected chi connectivity index (χ1v) is 5.69. The van der Waals surface area contributed by atoms with E-state index in [1.807, 2.05) is 0 Å². The first-order chi connectivity index (χ1) is 8.99. The van der Waals surface area contributed by atoms with Gasteiger partial charge in [0.25, 0.3) is 0 Å². The van der Waals surface area contributed by atoms with Crippen LogP contribution in [0.1, 0.15) is 5.56 Å². The molecule has 0 aliphatic rings. The minimum Gasteiger partial charge on any atom is -0.381 e. The van der Waals surface area contributed by atoms with Crippen molar-refractivity contribution in [3.05, 3.63) is 18.0 Å². The molecule has 0 spiro atoms. The van der Waals surface area contributed by atoms with Gasteiger partial charge in [-0.25, -0.2) is 9.38 Å². The maximum Gasteiger partial charge on any atom is 0.224 e. The van der Waals surface area contributed by atoms with Gasteiger partial charge in [-0.15, -0.1) is 11.6 Å². The number of anilines is 2. The predicted octanol–water partition coefficient (Wildman–Crippen LogP) is 1.18. The van der Waals surface area contributed by atoms with E-state index in [4.69, 9.17) is 28.5 Å². The molecule has 1 aromatic heterocycles. The first-order valence-electron chi connectivity index (χ1n) is 5.16. The number of aromatic nitrogens is 2. The molecule has 6 N–H and O–H groups in total. The summed E-state index contributed by atoms with van der Waals surface area (Å²) in [7, 11) is 0. The van der Waals surface area contributed by atoms with Crippen LogP contribution in [-0.2, 0) is 0 Å². The molecule has 19 heavy (non-hydrogen) atoms. The van der Waals surface area contributed by atoms with E-state index in [0.29, 0.717) is 12.4 Å². The summed E-state index contributed by atoms with van der Waals surface area (Å²) in [6.45, 7) is 3.42. The molecule has 0 saturated carbocycles. The van der Waals surface area contributed by atoms with Crippen LogP contribution in [0.5, 0.6) is 0 Å². The lowest BCUT2D eigenvalue weighted by Gasteiger charge is -2.09. The van der Waals surface area contributed by atoms with Crippen molar-refractivity contribution in [2.24, 2.45) is 10.7 Å². The lowest BCUT2D eigenvalue weighted by molar-refractivity contribution is 0.683. The zero-order chi connectivity index (χ0) is 14.4. The van der Waals surface area contributed by atoms with E-state index in [0.717, 1.165) is 6.21 Å². The summed E-state index contributed by atoms with van der Waals surface area (Å²) in [5.74, 6) is -0.828. The van der Waals surface area contributed by atoms with Gasteiger partial charge in [0.15, 0.2) is 17.5 Å². The second-order valence-corrected chi connectivity index (χ2v) is 3.71. The predicted molar refractivity (Wildman–Crippen MR) is 75.1 cm³/mol. The molecule has 0 atom stereocenters. The lowest BCUT2D eigenvalue weighted by Crippen LogP contribution is -2.13. The normalized spacial score (nSPS) is 11.2. The fourth-order valence-electron chi connectivity index (χ4n) is 1.17. The minimum absolute atomic E-state index is 0.0177. The van der Waals surface area contributed by atoms with Crippen LogP contribution in [0.25, 0.3) is 0 Å². The molecule has 1 heterocycles. The Balaban J connectivity index is 3.30. The number of nitrogens with one attached hydrogen (secondary N) is 2. The Bertz CT molecular complexity index is 529. The highest BCUT2D eigenvalue weighted by Crippen LogP contribution is 2.23. The summed E-state index contributed by atoms with van der Waals surface area (Å²) in [4.78, 5) is 11.4. The number of nitrogen functional groups attached to an aromatic ring is 1. The van der Waals surface area contributed by atoms with Gasteiger partial charge in [-0.2, -0.15) is 9.97 Å². The van der Waals surface area contributed by atoms with Crippen molar-refractivity contribution < 1.29 is 4.39 Å². The number of hydrogen-bond donors (Lipinski definition) is 4. The van der Waals surface area contributed by atoms with E-state index in [-0.39, 0.29) is 23.1 Å². The zero-order valence-electron chi connectivity index (χ0n) is 9.95. The van der Waals surface area contributed by atoms with Crippen LogP contribution in [0.2, 0.25) is 0 Å². The number of alkyl halides is 1. The van der Waals surface area contributed by atoms with Crippen LogP contribution < -0.4 is 16.8 Å². The van der Waals surface area contributed by atoms with Crippen molar-refractivity contribution >= 4 is 41.2 Å². The van der Waals surface area contributed by atoms with E-state index in [1.165, 1.54) is 0 Å². The topological polar surface area (TPSA) is 126 Å². The molecule has 9 heteroatoms. The molecule has 102 valence electrons. The van der Waals surface area contributed by atoms with Crippen molar-refractivity contribution in [2.75, 3.05) is 23.5 Å². The number of rotatable bonds is 6. The number of hydrogen-bond acceptors (Lipinski definition) is 6. The molecule has 0 fully saturated rings. The third-order valence-corrected chi connectivity index (χ3v) is 2.17. The standard InChI is InChI=1S/C10H13ClFN7/c1-5(12)7(14)17-9-6(4-13)8(16-3-2-11)18-10(15)19-9/h4,13H,1-3H2,(H5,14,15,16,17,18,19). The van der Waals surface area contributed by atoms with Gasteiger partial charge in [0.2, 0.25) is 5.95 Å². The number of aliphatic imine (C=N–C) groups is 1. The van der Waals surface area contributed by atoms with Crippen LogP contribution in [0.3, 0.4) is 0 Å². The van der Waals surface area contributed by atoms with Gasteiger partial charge in [-0.1, -0.05) is 6.58 Å². The third-order valence-electron chi connectivity index (χ3n) is 1.98. The Kier molecular flexibility index (Phi) is 5.19. The number of nitrogens with two attached hydrogens (primary N) is 2. The summed E-state index contributed by atoms with van der Waals surface area (Å²) in [5, 5.41) is 10.2. The van der Waals surface area contributed by atoms with E-state index >= 15 is 0 Å². The SMILES string of the molecule is C=C(F)C(N)=Nc1nc(N)nc(NCCCl)c1C=N. The lowest BCUT2D eigenvalue weighted by atomic mass is 10.3. The highest BCUT2D eigenvalue weighted by atomic mass is 35.5. The van der Waals surface area contributed by atoms with Crippen molar-refractivity contribution in [2.45, 2.75) is 0 Å². The molecule has 0 bridgehead atoms. The molecular formula is C10H13ClFN7. The van der Waals surface area contributed by atoms with Crippen LogP contribution in [0.15, 0.2) is 17.4 Å². The molecule has 0 amide bonds. The maximum absolute atomic E-state index is 12.8. The van der Waals surface area contributed by atoms with E-state index in [2.05, 4.69) is 26.9 Å². The quantitative estimate of drug-likeness (QED) is 0.355. The molecule has 1 rings (SSSR count). The van der Waals surface area contributed by atoms with Gasteiger partial charge < -0.3 is 22.2 Å². The zero-order valence-corrected chi connectivity index (χ0v) is 10.7. The molecule has 0 radical (unpaired) electrons. The highest BCUT2D eigenvalue weighted by molar-refractivity contribution is 6.18. The monoisotopic (exact) mass is 285 g/mol. The Hall–Kier alpha value is -2.22. The van der Waals surface area contributed by atoms with E-state index in [1.54, 1.807) is 0 Å². The summed E-state index contributed by atoms with van der Waals surface area (Å²) >= 11 is 5.55. The number of nitrogens with zero attached hydrogens (tertiary/aromatic N) is 3. The van der Waals surface area contributed by atoms with Gasteiger partial charge >= 0.3 is 0 Å². The van der Waals surface area contributed by atoms with Gasteiger partial charge in [0.1, 0.15) is 5.82 Å². The molecule has 0 aromatic carbocycles. The Morgan fingerprint density at radius 1 is 1.58 bits per heavy atom. The summed E-state index contributed by atoms with van der Waals surface area (Å²) in [5.41, 5.74) is 11.1. The smallest absolute Gasteiger partial charge is 0.224 e. The molecule has 0 aliphatic carbocycles. The van der Waals surface area contributed by atoms with Gasteiger partial charge in [-0.05, 0) is 0 Å². The summed E-state index contributed by atoms with van der Waals surface area (Å²) in [6, 6.07) is 0. The fourth-order valence-corrected chi connectivity index (χ4v) is 1.26. The second-order valence-electron chi connectivity index (χ2n) is 3.33. The Morgan fingerprint density at radius 2 is 2.26 bits per heavy atom. The van der Waals surface area contributed by atoms with Crippen molar-refractivity contribution in [3.63, 3.8) is 0 Å². The molecule has 1 aromatic rings. The second kappa shape index (κ2) is 6.64. The highest BCUT2D eigenvalue weighted by Gasteiger charge is 2.12. The van der Waals surface area contributed by atoms with Gasteiger partial charge in [0.05, 0.1) is 5.56 Å². The molecule has 7 nitrogen and oxygen atoms in total. The van der Waals surface area contributed by atoms with E-state index < -0.39 is 11.7 Å². The maximum atomic E-state index is 12.8. The molecule has 0 unspecified atom stereocenters. The first kappa shape index (κ1) is 14.8. The Morgan fingerprint density at radius 3 is 2.79 bits per heavy atom. The molecule has 0 aliphatic heterocycles. The van der Waals surface area contributed by atoms with Crippen molar-refractivity contribution in [1.29, 1.82) is 5.41 Å². The molecular weight excluding hydrogens is 273 g/mol. The van der Waals surface area contributed by atoms with Crippen LogP contribution >= 0.6 is 11.6 Å². The summed E-state index contributed by atoms with van der Waals surface area (Å²) in [6.07, 6.45) is 0.961. The van der Waals surface area contributed by atoms with Crippen LogP contribution in [0.4, 0.5) is 22.0 Å². The van der Waals surface area contributed by atoms with Gasteiger partial charge in [0, 0.05) is 18.6 Å². The van der Waals surface area contributed by atoms with Crippen LogP contribution in [0, 0.1) is 5.41 Å². The Labute approximate surface area is 114 Å². The van der Waals surface area contributed by atoms with E-state index in [9.17, 15) is 4.39 Å². The number of halogens is 2.